The van der Waals surface area contributed by atoms with Crippen molar-refractivity contribution >= 4 is 18.3 Å². The van der Waals surface area contributed by atoms with Crippen LogP contribution in [0, 0.1) is 11.8 Å². The van der Waals surface area contributed by atoms with Gasteiger partial charge < -0.3 is 10.6 Å². The molecule has 1 heterocycles. The van der Waals surface area contributed by atoms with Crippen molar-refractivity contribution < 1.29 is 4.79 Å². The van der Waals surface area contributed by atoms with Crippen LogP contribution in [0.25, 0.3) is 0 Å². The van der Waals surface area contributed by atoms with Crippen LogP contribution in [-0.4, -0.2) is 29.9 Å². The van der Waals surface area contributed by atoms with Crippen molar-refractivity contribution in [2.24, 2.45) is 17.6 Å². The van der Waals surface area contributed by atoms with E-state index in [2.05, 4.69) is 20.8 Å². The lowest BCUT2D eigenvalue weighted by atomic mass is 9.90. The van der Waals surface area contributed by atoms with Gasteiger partial charge in [0.1, 0.15) is 0 Å². The number of nitrogens with zero attached hydrogens (tertiary/aromatic N) is 1. The molecule has 2 atom stereocenters. The average Bonchev–Trinajstić information content (AvgIpc) is 2.30. The summed E-state index contributed by atoms with van der Waals surface area (Å²) in [4.78, 5) is 14.3. The summed E-state index contributed by atoms with van der Waals surface area (Å²) < 4.78 is 0. The monoisotopic (exact) mass is 262 g/mol. The fourth-order valence-electron chi connectivity index (χ4n) is 2.64. The summed E-state index contributed by atoms with van der Waals surface area (Å²) in [6.45, 7) is 7.95. The van der Waals surface area contributed by atoms with Crippen LogP contribution in [0.5, 0.6) is 0 Å². The molecular formula is C13H27ClN2O. The largest absolute Gasteiger partial charge is 0.338 e. The fourth-order valence-corrected chi connectivity index (χ4v) is 2.64. The standard InChI is InChI=1S/C13H26N2O.ClH/c1-4-11(5-2)13(16)15-7-6-10(3)8-12(15)9-14;/h10-12H,4-9,14H2,1-3H3;1H. The second kappa shape index (κ2) is 7.93. The Balaban J connectivity index is 0.00000256. The highest BCUT2D eigenvalue weighted by molar-refractivity contribution is 5.85. The molecule has 0 aromatic carbocycles. The summed E-state index contributed by atoms with van der Waals surface area (Å²) in [5, 5.41) is 0. The minimum absolute atomic E-state index is 0. The quantitative estimate of drug-likeness (QED) is 0.846. The van der Waals surface area contributed by atoms with Crippen LogP contribution in [0.2, 0.25) is 0 Å². The second-order valence-electron chi connectivity index (χ2n) is 5.06. The molecule has 0 saturated carbocycles. The highest BCUT2D eigenvalue weighted by Gasteiger charge is 2.31. The Labute approximate surface area is 112 Å². The van der Waals surface area contributed by atoms with E-state index in [0.29, 0.717) is 18.4 Å². The van der Waals surface area contributed by atoms with Gasteiger partial charge in [0.05, 0.1) is 0 Å². The molecule has 4 heteroatoms. The molecule has 0 aliphatic carbocycles. The van der Waals surface area contributed by atoms with Crippen LogP contribution in [-0.2, 0) is 4.79 Å². The number of halogens is 1. The van der Waals surface area contributed by atoms with Gasteiger partial charge in [-0.2, -0.15) is 0 Å². The van der Waals surface area contributed by atoms with Crippen LogP contribution in [0.3, 0.4) is 0 Å². The zero-order valence-corrected chi connectivity index (χ0v) is 12.1. The van der Waals surface area contributed by atoms with Crippen LogP contribution < -0.4 is 5.73 Å². The smallest absolute Gasteiger partial charge is 0.225 e. The number of hydrogen-bond acceptors (Lipinski definition) is 2. The Hall–Kier alpha value is -0.280. The lowest BCUT2D eigenvalue weighted by Crippen LogP contribution is -2.51. The third-order valence-corrected chi connectivity index (χ3v) is 3.87. The van der Waals surface area contributed by atoms with Gasteiger partial charge in [-0.15, -0.1) is 12.4 Å². The summed E-state index contributed by atoms with van der Waals surface area (Å²) in [7, 11) is 0. The van der Waals surface area contributed by atoms with Crippen molar-refractivity contribution in [1.82, 2.24) is 4.90 Å². The molecule has 1 aliphatic rings. The summed E-state index contributed by atoms with van der Waals surface area (Å²) in [6, 6.07) is 0.275. The van der Waals surface area contributed by atoms with Crippen molar-refractivity contribution in [2.45, 2.75) is 52.5 Å². The molecule has 1 aliphatic heterocycles. The minimum atomic E-state index is 0. The number of piperidine rings is 1. The molecular weight excluding hydrogens is 236 g/mol. The third kappa shape index (κ3) is 4.14. The van der Waals surface area contributed by atoms with E-state index >= 15 is 0 Å². The highest BCUT2D eigenvalue weighted by atomic mass is 35.5. The zero-order valence-electron chi connectivity index (χ0n) is 11.3. The Morgan fingerprint density at radius 2 is 2.00 bits per heavy atom. The molecule has 0 aromatic heterocycles. The number of rotatable bonds is 4. The molecule has 102 valence electrons. The van der Waals surface area contributed by atoms with Crippen molar-refractivity contribution in [3.05, 3.63) is 0 Å². The van der Waals surface area contributed by atoms with Crippen LogP contribution in [0.4, 0.5) is 0 Å². The van der Waals surface area contributed by atoms with Gasteiger partial charge in [-0.1, -0.05) is 20.8 Å². The molecule has 2 N–H and O–H groups in total. The normalized spacial score (nSPS) is 24.6. The van der Waals surface area contributed by atoms with E-state index < -0.39 is 0 Å². The van der Waals surface area contributed by atoms with E-state index in [1.54, 1.807) is 0 Å². The predicted molar refractivity (Wildman–Crippen MR) is 74.3 cm³/mol. The number of nitrogens with two attached hydrogens (primary N) is 1. The molecule has 3 nitrogen and oxygen atoms in total. The van der Waals surface area contributed by atoms with Gasteiger partial charge in [-0.3, -0.25) is 4.79 Å². The molecule has 1 fully saturated rings. The van der Waals surface area contributed by atoms with Crippen molar-refractivity contribution in [1.29, 1.82) is 0 Å². The molecule has 0 aromatic rings. The first kappa shape index (κ1) is 16.7. The number of carbonyl (C=O) groups is 1. The number of carbonyl (C=O) groups excluding carboxylic acids is 1. The molecule has 1 saturated heterocycles. The van der Waals surface area contributed by atoms with Crippen LogP contribution in [0.1, 0.15) is 46.5 Å². The lowest BCUT2D eigenvalue weighted by molar-refractivity contribution is -0.140. The van der Waals surface area contributed by atoms with E-state index in [-0.39, 0.29) is 24.4 Å². The number of hydrogen-bond donors (Lipinski definition) is 1. The Kier molecular flexibility index (Phi) is 7.80. The van der Waals surface area contributed by atoms with E-state index in [4.69, 9.17) is 5.73 Å². The maximum Gasteiger partial charge on any atom is 0.225 e. The third-order valence-electron chi connectivity index (χ3n) is 3.87. The summed E-state index contributed by atoms with van der Waals surface area (Å²) >= 11 is 0. The van der Waals surface area contributed by atoms with E-state index in [0.717, 1.165) is 32.2 Å². The summed E-state index contributed by atoms with van der Waals surface area (Å²) in [5.41, 5.74) is 5.78. The molecule has 0 bridgehead atoms. The van der Waals surface area contributed by atoms with Gasteiger partial charge in [0.2, 0.25) is 5.91 Å². The first-order valence-corrected chi connectivity index (χ1v) is 6.64. The van der Waals surface area contributed by atoms with Crippen molar-refractivity contribution in [3.63, 3.8) is 0 Å². The first-order valence-electron chi connectivity index (χ1n) is 6.64. The Morgan fingerprint density at radius 1 is 1.41 bits per heavy atom. The molecule has 1 rings (SSSR count). The maximum atomic E-state index is 12.3. The van der Waals surface area contributed by atoms with Gasteiger partial charge in [0, 0.05) is 25.0 Å². The van der Waals surface area contributed by atoms with Crippen molar-refractivity contribution in [2.75, 3.05) is 13.1 Å². The van der Waals surface area contributed by atoms with Gasteiger partial charge in [0.15, 0.2) is 0 Å². The van der Waals surface area contributed by atoms with Crippen molar-refractivity contribution in [3.8, 4) is 0 Å². The van der Waals surface area contributed by atoms with E-state index in [1.165, 1.54) is 0 Å². The Bertz CT molecular complexity index is 231. The fraction of sp³-hybridized carbons (Fsp3) is 0.923. The minimum Gasteiger partial charge on any atom is -0.338 e. The molecule has 17 heavy (non-hydrogen) atoms. The molecule has 1 amide bonds. The van der Waals surface area contributed by atoms with Crippen LogP contribution >= 0.6 is 12.4 Å². The lowest BCUT2D eigenvalue weighted by Gasteiger charge is -2.39. The zero-order chi connectivity index (χ0) is 12.1. The van der Waals surface area contributed by atoms with Gasteiger partial charge in [-0.05, 0) is 31.6 Å². The second-order valence-corrected chi connectivity index (χ2v) is 5.06. The molecule has 2 unspecified atom stereocenters. The predicted octanol–water partition coefficient (Wildman–Crippen LogP) is 2.43. The van der Waals surface area contributed by atoms with Gasteiger partial charge in [0.25, 0.3) is 0 Å². The van der Waals surface area contributed by atoms with Crippen LogP contribution in [0.15, 0.2) is 0 Å². The van der Waals surface area contributed by atoms with Gasteiger partial charge in [-0.25, -0.2) is 0 Å². The number of likely N-dealkylation sites (tertiary alicyclic amines) is 1. The van der Waals surface area contributed by atoms with Gasteiger partial charge >= 0.3 is 0 Å². The maximum absolute atomic E-state index is 12.3. The topological polar surface area (TPSA) is 46.3 Å². The summed E-state index contributed by atoms with van der Waals surface area (Å²) in [5.74, 6) is 1.23. The number of amides is 1. The van der Waals surface area contributed by atoms with E-state index in [1.807, 2.05) is 4.90 Å². The molecule has 0 radical (unpaired) electrons. The van der Waals surface area contributed by atoms with E-state index in [9.17, 15) is 4.79 Å². The Morgan fingerprint density at radius 3 is 2.47 bits per heavy atom. The SMILES string of the molecule is CCC(CC)C(=O)N1CCC(C)CC1CN.Cl. The molecule has 0 spiro atoms. The average molecular weight is 263 g/mol. The first-order chi connectivity index (χ1) is 7.63. The summed E-state index contributed by atoms with van der Waals surface area (Å²) in [6.07, 6.45) is 4.09. The highest BCUT2D eigenvalue weighted by Crippen LogP contribution is 2.24.